The van der Waals surface area contributed by atoms with Crippen molar-refractivity contribution < 1.29 is 28.0 Å². The van der Waals surface area contributed by atoms with Crippen molar-refractivity contribution in [1.82, 2.24) is 0 Å². The van der Waals surface area contributed by atoms with E-state index >= 15 is 0 Å². The van der Waals surface area contributed by atoms with Crippen LogP contribution in [0.4, 0.5) is 0 Å². The number of rotatable bonds is 13. The summed E-state index contributed by atoms with van der Waals surface area (Å²) in [6, 6.07) is 0. The minimum absolute atomic E-state index is 0. The smallest absolute Gasteiger partial charge is 0.463 e. The maximum absolute atomic E-state index is 11.6. The molecule has 1 aliphatic heterocycles. The van der Waals surface area contributed by atoms with Gasteiger partial charge in [0, 0.05) is 48.8 Å². The molecular formula is C19H33NaO6P. The molecule has 8 heteroatoms. The Bertz CT molecular complexity index is 502. The van der Waals surface area contributed by atoms with Crippen LogP contribution in [0.15, 0.2) is 0 Å². The zero-order valence-corrected chi connectivity index (χ0v) is 19.8. The summed E-state index contributed by atoms with van der Waals surface area (Å²) >= 11 is 0. The summed E-state index contributed by atoms with van der Waals surface area (Å²) in [5, 5.41) is 0. The Morgan fingerprint density at radius 3 is 2.26 bits per heavy atom. The number of carbonyl (C=O) groups is 1. The van der Waals surface area contributed by atoms with E-state index in [1.165, 1.54) is 25.7 Å². The topological polar surface area (TPSA) is 82.1 Å². The van der Waals surface area contributed by atoms with Crippen molar-refractivity contribution in [2.24, 2.45) is 0 Å². The fourth-order valence-corrected chi connectivity index (χ4v) is 3.51. The molecule has 0 aromatic carbocycles. The van der Waals surface area contributed by atoms with E-state index < -0.39 is 13.9 Å². The average Bonchev–Trinajstić information content (AvgIpc) is 2.96. The maximum Gasteiger partial charge on any atom is 0.472 e. The summed E-state index contributed by atoms with van der Waals surface area (Å²) in [5.74, 6) is 6.17. The second-order valence-electron chi connectivity index (χ2n) is 6.61. The van der Waals surface area contributed by atoms with Crippen LogP contribution in [0.2, 0.25) is 0 Å². The summed E-state index contributed by atoms with van der Waals surface area (Å²) in [5.41, 5.74) is 0. The minimum Gasteiger partial charge on any atom is -0.463 e. The van der Waals surface area contributed by atoms with Crippen molar-refractivity contribution in [3.8, 4) is 11.8 Å². The molecule has 1 radical (unpaired) electrons. The van der Waals surface area contributed by atoms with Crippen LogP contribution in [0.5, 0.6) is 0 Å². The third-order valence-corrected chi connectivity index (χ3v) is 5.14. The van der Waals surface area contributed by atoms with Gasteiger partial charge in [-0.15, -0.1) is 11.8 Å². The molecule has 0 aromatic heterocycles. The van der Waals surface area contributed by atoms with Crippen molar-refractivity contribution in [1.29, 1.82) is 0 Å². The zero-order valence-electron chi connectivity index (χ0n) is 16.9. The van der Waals surface area contributed by atoms with Crippen LogP contribution in [0.3, 0.4) is 0 Å². The number of phosphoric ester groups is 1. The molecule has 1 heterocycles. The summed E-state index contributed by atoms with van der Waals surface area (Å²) in [6.45, 7) is 2.15. The molecule has 27 heavy (non-hydrogen) atoms. The molecule has 1 fully saturated rings. The predicted molar refractivity (Wildman–Crippen MR) is 106 cm³/mol. The fraction of sp³-hybridized carbons (Fsp3) is 0.842. The van der Waals surface area contributed by atoms with Gasteiger partial charge in [0.25, 0.3) is 0 Å². The normalized spacial score (nSPS) is 21.2. The molecule has 1 N–H and O–H groups in total. The molecule has 0 aliphatic carbocycles. The fourth-order valence-electron chi connectivity index (χ4n) is 2.59. The van der Waals surface area contributed by atoms with Crippen LogP contribution in [-0.4, -0.2) is 59.7 Å². The van der Waals surface area contributed by atoms with Gasteiger partial charge in [-0.1, -0.05) is 45.4 Å². The molecule has 0 bridgehead atoms. The SMILES string of the molecule is CCCCCCC#CCCCCCCCC(=O)OCC1COP(=O)(O)O1.[Na]. The molecule has 2 atom stereocenters. The second kappa shape index (κ2) is 17.0. The summed E-state index contributed by atoms with van der Waals surface area (Å²) in [6.07, 6.45) is 11.9. The monoisotopic (exact) mass is 411 g/mol. The molecule has 0 amide bonds. The van der Waals surface area contributed by atoms with E-state index in [-0.39, 0.29) is 48.7 Å². The van der Waals surface area contributed by atoms with Crippen LogP contribution in [0.25, 0.3) is 0 Å². The number of hydrogen-bond acceptors (Lipinski definition) is 5. The van der Waals surface area contributed by atoms with Gasteiger partial charge in [-0.25, -0.2) is 4.57 Å². The standard InChI is InChI=1S/C19H33O6P.Na/c1-2-3-4-5-6-7-8-9-10-11-12-13-14-15-19(20)23-16-18-17-24-26(21,22)25-18;/h18H,2-6,9-17H2,1H3,(H,21,22);. The van der Waals surface area contributed by atoms with E-state index in [9.17, 15) is 9.36 Å². The van der Waals surface area contributed by atoms with E-state index in [2.05, 4.69) is 23.3 Å². The van der Waals surface area contributed by atoms with Crippen molar-refractivity contribution in [2.75, 3.05) is 13.2 Å². The predicted octanol–water partition coefficient (Wildman–Crippen LogP) is 4.37. The van der Waals surface area contributed by atoms with Gasteiger partial charge in [-0.3, -0.25) is 13.8 Å². The number of phosphoric acid groups is 1. The van der Waals surface area contributed by atoms with Gasteiger partial charge in [0.15, 0.2) is 0 Å². The van der Waals surface area contributed by atoms with Crippen LogP contribution in [-0.2, 0) is 23.1 Å². The Balaban J connectivity index is 0.00000676. The van der Waals surface area contributed by atoms with Crippen molar-refractivity contribution in [2.45, 2.75) is 90.1 Å². The van der Waals surface area contributed by atoms with Gasteiger partial charge in [0.1, 0.15) is 12.7 Å². The van der Waals surface area contributed by atoms with Crippen molar-refractivity contribution in [3.63, 3.8) is 0 Å². The Kier molecular flexibility index (Phi) is 17.1. The van der Waals surface area contributed by atoms with E-state index in [0.717, 1.165) is 44.9 Å². The first-order chi connectivity index (χ1) is 12.5. The molecule has 0 spiro atoms. The first-order valence-electron chi connectivity index (χ1n) is 9.80. The Morgan fingerprint density at radius 1 is 1.07 bits per heavy atom. The summed E-state index contributed by atoms with van der Waals surface area (Å²) in [7, 11) is -3.91. The molecular weight excluding hydrogens is 378 g/mol. The van der Waals surface area contributed by atoms with Crippen LogP contribution in [0.1, 0.15) is 84.0 Å². The van der Waals surface area contributed by atoms with Gasteiger partial charge >= 0.3 is 13.8 Å². The van der Waals surface area contributed by atoms with E-state index in [0.29, 0.717) is 6.42 Å². The van der Waals surface area contributed by atoms with Gasteiger partial charge in [-0.2, -0.15) is 0 Å². The molecule has 6 nitrogen and oxygen atoms in total. The molecule has 1 saturated heterocycles. The Labute approximate surface area is 186 Å². The van der Waals surface area contributed by atoms with Gasteiger partial charge in [0.2, 0.25) is 0 Å². The molecule has 151 valence electrons. The van der Waals surface area contributed by atoms with Crippen molar-refractivity contribution >= 4 is 43.3 Å². The van der Waals surface area contributed by atoms with E-state index in [1.807, 2.05) is 0 Å². The zero-order chi connectivity index (χ0) is 19.1. The molecule has 2 unspecified atom stereocenters. The number of esters is 1. The molecule has 0 saturated carbocycles. The third-order valence-electron chi connectivity index (χ3n) is 4.10. The number of ether oxygens (including phenoxy) is 1. The second-order valence-corrected chi connectivity index (χ2v) is 8.01. The van der Waals surface area contributed by atoms with E-state index in [4.69, 9.17) is 14.2 Å². The molecule has 1 aliphatic rings. The minimum atomic E-state index is -3.91. The first-order valence-corrected chi connectivity index (χ1v) is 11.3. The third kappa shape index (κ3) is 15.7. The summed E-state index contributed by atoms with van der Waals surface area (Å²) in [4.78, 5) is 20.6. The molecule has 0 aromatic rings. The van der Waals surface area contributed by atoms with Crippen LogP contribution in [0, 0.1) is 11.8 Å². The largest absolute Gasteiger partial charge is 0.472 e. The van der Waals surface area contributed by atoms with Crippen LogP contribution >= 0.6 is 7.82 Å². The van der Waals surface area contributed by atoms with Crippen molar-refractivity contribution in [3.05, 3.63) is 0 Å². The quantitative estimate of drug-likeness (QED) is 0.159. The number of hydrogen-bond donors (Lipinski definition) is 1. The molecule has 1 rings (SSSR count). The van der Waals surface area contributed by atoms with E-state index in [1.54, 1.807) is 0 Å². The first kappa shape index (κ1) is 27.1. The number of unbranched alkanes of at least 4 members (excludes halogenated alkanes) is 9. The Morgan fingerprint density at radius 2 is 1.67 bits per heavy atom. The maximum atomic E-state index is 11.6. The van der Waals surface area contributed by atoms with Gasteiger partial charge in [-0.05, 0) is 19.3 Å². The van der Waals surface area contributed by atoms with Gasteiger partial charge < -0.3 is 9.63 Å². The Hall–Kier alpha value is 0.140. The van der Waals surface area contributed by atoms with Gasteiger partial charge in [0.05, 0.1) is 6.61 Å². The average molecular weight is 411 g/mol. The van der Waals surface area contributed by atoms with Crippen LogP contribution < -0.4 is 0 Å². The number of carbonyl (C=O) groups excluding carboxylic acids is 1. The summed E-state index contributed by atoms with van der Waals surface area (Å²) < 4.78 is 25.3.